The first-order chi connectivity index (χ1) is 14.7. The topological polar surface area (TPSA) is 121 Å². The summed E-state index contributed by atoms with van der Waals surface area (Å²) in [6.07, 6.45) is 5.83. The van der Waals surface area contributed by atoms with Crippen LogP contribution < -0.4 is 16.0 Å². The summed E-state index contributed by atoms with van der Waals surface area (Å²) in [7, 11) is 0. The van der Waals surface area contributed by atoms with E-state index in [1.165, 1.54) is 11.3 Å². The zero-order valence-corrected chi connectivity index (χ0v) is 17.2. The summed E-state index contributed by atoms with van der Waals surface area (Å²) < 4.78 is 1.05. The zero-order chi connectivity index (χ0) is 20.3. The maximum Gasteiger partial charge on any atom is 0.325 e. The maximum absolute atomic E-state index is 12.3. The number of aromatic amines is 1. The number of hydrogen-bond acceptors (Lipinski definition) is 8. The molecule has 0 fully saturated rings. The predicted octanol–water partition coefficient (Wildman–Crippen LogP) is 4.32. The third kappa shape index (κ3) is 3.93. The molecule has 0 aliphatic carbocycles. The smallest absolute Gasteiger partial charge is 0.325 e. The van der Waals surface area contributed by atoms with Gasteiger partial charge in [0.25, 0.3) is 0 Å². The van der Waals surface area contributed by atoms with Gasteiger partial charge >= 0.3 is 6.03 Å². The van der Waals surface area contributed by atoms with Gasteiger partial charge in [0.1, 0.15) is 12.1 Å². The normalized spacial score (nSPS) is 11.1. The zero-order valence-electron chi connectivity index (χ0n) is 15.5. The van der Waals surface area contributed by atoms with Gasteiger partial charge in [0.15, 0.2) is 5.13 Å². The van der Waals surface area contributed by atoms with Crippen LogP contribution in [-0.2, 0) is 6.42 Å². The van der Waals surface area contributed by atoms with Gasteiger partial charge in [-0.3, -0.25) is 10.4 Å². The van der Waals surface area contributed by atoms with Crippen molar-refractivity contribution < 1.29 is 4.79 Å². The number of carbonyl (C=O) groups excluding carboxylic acids is 1. The summed E-state index contributed by atoms with van der Waals surface area (Å²) >= 11 is 3.06. The first-order valence-electron chi connectivity index (χ1n) is 9.12. The molecular weight excluding hydrogens is 420 g/mol. The Balaban J connectivity index is 1.15. The van der Waals surface area contributed by atoms with Crippen molar-refractivity contribution >= 4 is 66.5 Å². The highest BCUT2D eigenvalue weighted by atomic mass is 32.1. The molecule has 0 atom stereocenters. The fourth-order valence-electron chi connectivity index (χ4n) is 2.98. The van der Waals surface area contributed by atoms with E-state index in [0.29, 0.717) is 17.4 Å². The molecule has 0 aliphatic rings. The molecule has 4 N–H and O–H groups in total. The van der Waals surface area contributed by atoms with Gasteiger partial charge in [-0.25, -0.2) is 19.7 Å². The summed E-state index contributed by atoms with van der Waals surface area (Å²) in [4.78, 5) is 26.2. The van der Waals surface area contributed by atoms with E-state index in [9.17, 15) is 4.79 Å². The lowest BCUT2D eigenvalue weighted by Crippen LogP contribution is -2.19. The SMILES string of the molecule is O=C(Nc1ccc2[nH]ncc2c1)Nc1ncc(CCNc2ncnc3ccsc23)s1. The van der Waals surface area contributed by atoms with E-state index >= 15 is 0 Å². The quantitative estimate of drug-likeness (QED) is 0.315. The molecule has 4 heterocycles. The van der Waals surface area contributed by atoms with E-state index < -0.39 is 0 Å². The van der Waals surface area contributed by atoms with Crippen LogP contribution in [0.2, 0.25) is 0 Å². The molecule has 0 radical (unpaired) electrons. The molecule has 0 spiro atoms. The lowest BCUT2D eigenvalue weighted by Gasteiger charge is -2.05. The van der Waals surface area contributed by atoms with E-state index in [2.05, 4.69) is 41.1 Å². The average Bonchev–Trinajstić information content (AvgIpc) is 3.48. The third-order valence-corrected chi connectivity index (χ3v) is 6.26. The molecule has 11 heteroatoms. The van der Waals surface area contributed by atoms with Crippen LogP contribution in [0.25, 0.3) is 21.1 Å². The molecule has 0 bridgehead atoms. The van der Waals surface area contributed by atoms with E-state index in [4.69, 9.17) is 0 Å². The summed E-state index contributed by atoms with van der Waals surface area (Å²) in [6.45, 7) is 0.711. The van der Waals surface area contributed by atoms with Gasteiger partial charge in [-0.2, -0.15) is 5.10 Å². The van der Waals surface area contributed by atoms with Gasteiger partial charge in [0.2, 0.25) is 0 Å². The Bertz CT molecular complexity index is 1320. The summed E-state index contributed by atoms with van der Waals surface area (Å²) in [5.74, 6) is 0.840. The van der Waals surface area contributed by atoms with E-state index in [-0.39, 0.29) is 6.03 Å². The molecule has 0 saturated carbocycles. The minimum Gasteiger partial charge on any atom is -0.368 e. The van der Waals surface area contributed by atoms with Crippen LogP contribution in [0.5, 0.6) is 0 Å². The number of fused-ring (bicyclic) bond motifs is 2. The second kappa shape index (κ2) is 8.05. The van der Waals surface area contributed by atoms with Gasteiger partial charge in [-0.1, -0.05) is 0 Å². The van der Waals surface area contributed by atoms with Gasteiger partial charge in [0, 0.05) is 35.1 Å². The number of rotatable bonds is 6. The molecule has 5 rings (SSSR count). The number of urea groups is 1. The number of H-pyrrole nitrogens is 1. The van der Waals surface area contributed by atoms with Crippen molar-refractivity contribution in [1.29, 1.82) is 0 Å². The lowest BCUT2D eigenvalue weighted by atomic mass is 10.2. The molecule has 9 nitrogen and oxygen atoms in total. The van der Waals surface area contributed by atoms with Crippen molar-refractivity contribution in [3.8, 4) is 0 Å². The highest BCUT2D eigenvalue weighted by molar-refractivity contribution is 7.17. The second-order valence-corrected chi connectivity index (χ2v) is 8.45. The molecule has 0 unspecified atom stereocenters. The molecule has 150 valence electrons. The Kier molecular flexibility index (Phi) is 4.95. The fourth-order valence-corrected chi connectivity index (χ4v) is 4.60. The van der Waals surface area contributed by atoms with E-state index in [1.807, 2.05) is 29.6 Å². The molecule has 5 aromatic rings. The molecular formula is C19H16N8OS2. The third-order valence-electron chi connectivity index (χ3n) is 4.38. The number of thiophene rings is 1. The number of anilines is 3. The second-order valence-electron chi connectivity index (χ2n) is 6.42. The standard InChI is InChI=1S/C19H16N8OS2/c28-18(25-12-1-2-14-11(7-12)8-24-27-14)26-19-21-9-13(30-19)3-5-20-17-16-15(4-6-29-16)22-10-23-17/h1-2,4,6-10H,3,5H2,(H,24,27)(H,20,22,23)(H2,21,25,26,28). The van der Waals surface area contributed by atoms with Crippen molar-refractivity contribution in [2.24, 2.45) is 0 Å². The Labute approximate surface area is 178 Å². The molecule has 30 heavy (non-hydrogen) atoms. The van der Waals surface area contributed by atoms with Crippen LogP contribution in [-0.4, -0.2) is 37.7 Å². The Morgan fingerprint density at radius 3 is 3.03 bits per heavy atom. The monoisotopic (exact) mass is 436 g/mol. The van der Waals surface area contributed by atoms with Crippen LogP contribution in [0.15, 0.2) is 48.4 Å². The van der Waals surface area contributed by atoms with Gasteiger partial charge in [-0.15, -0.1) is 22.7 Å². The van der Waals surface area contributed by atoms with Crippen molar-refractivity contribution in [3.63, 3.8) is 0 Å². The molecule has 2 amide bonds. The molecule has 4 aromatic heterocycles. The van der Waals surface area contributed by atoms with Gasteiger partial charge < -0.3 is 10.6 Å². The first kappa shape index (κ1) is 18.5. The minimum atomic E-state index is -0.335. The van der Waals surface area contributed by atoms with Crippen molar-refractivity contribution in [3.05, 3.63) is 53.2 Å². The average molecular weight is 437 g/mol. The number of thiazole rings is 1. The van der Waals surface area contributed by atoms with Crippen LogP contribution in [0.3, 0.4) is 0 Å². The van der Waals surface area contributed by atoms with Gasteiger partial charge in [-0.05, 0) is 29.6 Å². The number of carbonyl (C=O) groups is 1. The Hall–Kier alpha value is -3.57. The van der Waals surface area contributed by atoms with E-state index in [1.54, 1.807) is 30.1 Å². The molecule has 0 saturated heterocycles. The number of aromatic nitrogens is 5. The summed E-state index contributed by atoms with van der Waals surface area (Å²) in [5, 5.41) is 19.3. The summed E-state index contributed by atoms with van der Waals surface area (Å²) in [6, 6.07) is 7.18. The summed E-state index contributed by atoms with van der Waals surface area (Å²) in [5.41, 5.74) is 2.55. The predicted molar refractivity (Wildman–Crippen MR) is 120 cm³/mol. The molecule has 0 aliphatic heterocycles. The largest absolute Gasteiger partial charge is 0.368 e. The number of nitrogens with one attached hydrogen (secondary N) is 4. The minimum absolute atomic E-state index is 0.335. The number of hydrogen-bond donors (Lipinski definition) is 4. The Morgan fingerprint density at radius 2 is 2.07 bits per heavy atom. The van der Waals surface area contributed by atoms with Crippen molar-refractivity contribution in [1.82, 2.24) is 25.1 Å². The maximum atomic E-state index is 12.3. The van der Waals surface area contributed by atoms with Gasteiger partial charge in [0.05, 0.1) is 21.9 Å². The number of amides is 2. The lowest BCUT2D eigenvalue weighted by molar-refractivity contribution is 0.262. The molecule has 1 aromatic carbocycles. The fraction of sp³-hybridized carbons (Fsp3) is 0.105. The number of nitrogens with zero attached hydrogens (tertiary/aromatic N) is 4. The Morgan fingerprint density at radius 1 is 1.10 bits per heavy atom. The van der Waals surface area contributed by atoms with Crippen LogP contribution in [0, 0.1) is 0 Å². The van der Waals surface area contributed by atoms with Crippen molar-refractivity contribution in [2.45, 2.75) is 6.42 Å². The van der Waals surface area contributed by atoms with Crippen LogP contribution in [0.4, 0.5) is 21.4 Å². The van der Waals surface area contributed by atoms with Crippen molar-refractivity contribution in [2.75, 3.05) is 22.5 Å². The van der Waals surface area contributed by atoms with Crippen LogP contribution in [0.1, 0.15) is 4.88 Å². The van der Waals surface area contributed by atoms with E-state index in [0.717, 1.165) is 38.2 Å². The van der Waals surface area contributed by atoms with Crippen LogP contribution >= 0.6 is 22.7 Å². The number of benzene rings is 1. The first-order valence-corrected chi connectivity index (χ1v) is 10.8. The highest BCUT2D eigenvalue weighted by Gasteiger charge is 2.09. The highest BCUT2D eigenvalue weighted by Crippen LogP contribution is 2.25.